The second kappa shape index (κ2) is 18.5. The summed E-state index contributed by atoms with van der Waals surface area (Å²) < 4.78 is 0. The fourth-order valence-electron chi connectivity index (χ4n) is 7.74. The van der Waals surface area contributed by atoms with E-state index in [9.17, 15) is 0 Å². The van der Waals surface area contributed by atoms with Crippen molar-refractivity contribution in [3.05, 3.63) is 107 Å². The Balaban J connectivity index is 0.000000443. The van der Waals surface area contributed by atoms with Gasteiger partial charge in [0.25, 0.3) is 0 Å². The van der Waals surface area contributed by atoms with Gasteiger partial charge >= 0.3 is 0 Å². The minimum Gasteiger partial charge on any atom is -0.147 e. The third-order valence-electron chi connectivity index (χ3n) is 9.73. The van der Waals surface area contributed by atoms with Crippen LogP contribution >= 0.6 is 24.8 Å². The van der Waals surface area contributed by atoms with Gasteiger partial charge in [-0.15, -0.1) is 91.2 Å². The van der Waals surface area contributed by atoms with Gasteiger partial charge in [-0.25, -0.2) is 0 Å². The average molecular weight is 838 g/mol. The van der Waals surface area contributed by atoms with Gasteiger partial charge in [-0.2, -0.15) is 0 Å². The van der Waals surface area contributed by atoms with E-state index in [-0.39, 0.29) is 88.1 Å². The molecule has 0 fully saturated rings. The standard InChI is InChI=1S/2C22H27.2ClH.2Zr/c2*1-6-10-15(2)20-17-12-8-7-11-16(17)18-13-9-14-19(21(18)20)22(3,4)5;;;;/h2*7-9,11-15H,6,10H2,1-5H3;2*1H;;/q2*-1;;;;. The molecule has 0 saturated heterocycles. The number of hydrogen-bond acceptors (Lipinski definition) is 0. The third kappa shape index (κ3) is 8.87. The zero-order chi connectivity index (χ0) is 31.8. The molecule has 0 amide bonds. The van der Waals surface area contributed by atoms with E-state index in [1.165, 1.54) is 79.9 Å². The molecule has 0 radical (unpaired) electrons. The maximum absolute atomic E-state index is 2.39. The van der Waals surface area contributed by atoms with Crippen molar-refractivity contribution in [3.63, 3.8) is 0 Å². The molecule has 256 valence electrons. The van der Waals surface area contributed by atoms with E-state index in [4.69, 9.17) is 0 Å². The fraction of sp³-hybridized carbons (Fsp3) is 0.409. The monoisotopic (exact) mass is 834 g/mol. The molecule has 0 bridgehead atoms. The summed E-state index contributed by atoms with van der Waals surface area (Å²) in [6, 6.07) is 31.6. The van der Waals surface area contributed by atoms with E-state index in [1.807, 2.05) is 0 Å². The minimum atomic E-state index is 0. The van der Waals surface area contributed by atoms with Gasteiger partial charge < -0.3 is 0 Å². The predicted octanol–water partition coefficient (Wildman–Crippen LogP) is 14.7. The Morgan fingerprint density at radius 2 is 0.792 bits per heavy atom. The second-order valence-electron chi connectivity index (χ2n) is 15.3. The van der Waals surface area contributed by atoms with Crippen molar-refractivity contribution >= 4 is 67.9 Å². The molecular formula is C44H56Cl2Zr2-2. The molecule has 0 nitrogen and oxygen atoms in total. The number of benzene rings is 4. The Hall–Kier alpha value is -1.03. The van der Waals surface area contributed by atoms with Crippen LogP contribution < -0.4 is 0 Å². The topological polar surface area (TPSA) is 0 Å². The van der Waals surface area contributed by atoms with Crippen LogP contribution in [-0.2, 0) is 63.2 Å². The number of hydrogen-bond donors (Lipinski definition) is 0. The Morgan fingerprint density at radius 3 is 1.10 bits per heavy atom. The first-order valence-electron chi connectivity index (χ1n) is 17.1. The molecule has 48 heavy (non-hydrogen) atoms. The molecule has 0 spiro atoms. The molecule has 0 N–H and O–H groups in total. The van der Waals surface area contributed by atoms with Gasteiger partial charge in [0.15, 0.2) is 0 Å². The molecule has 2 unspecified atom stereocenters. The number of fused-ring (bicyclic) bond motifs is 6. The van der Waals surface area contributed by atoms with Crippen molar-refractivity contribution in [1.82, 2.24) is 0 Å². The second-order valence-corrected chi connectivity index (χ2v) is 15.3. The summed E-state index contributed by atoms with van der Waals surface area (Å²) >= 11 is 0. The predicted molar refractivity (Wildman–Crippen MR) is 213 cm³/mol. The van der Waals surface area contributed by atoms with E-state index in [1.54, 1.807) is 11.1 Å². The molecule has 4 heteroatoms. The van der Waals surface area contributed by atoms with Crippen LogP contribution in [0.15, 0.2) is 84.9 Å². The molecule has 0 aliphatic rings. The molecule has 0 aliphatic heterocycles. The Bertz CT molecular complexity index is 1760. The summed E-state index contributed by atoms with van der Waals surface area (Å²) in [5.41, 5.74) is 6.45. The van der Waals surface area contributed by atoms with Crippen LogP contribution in [0.5, 0.6) is 0 Å². The minimum absolute atomic E-state index is 0. The van der Waals surface area contributed by atoms with Crippen LogP contribution in [0.3, 0.4) is 0 Å². The van der Waals surface area contributed by atoms with Gasteiger partial charge in [-0.1, -0.05) is 179 Å². The van der Waals surface area contributed by atoms with Gasteiger partial charge in [-0.3, -0.25) is 0 Å². The van der Waals surface area contributed by atoms with Crippen molar-refractivity contribution in [2.75, 3.05) is 0 Å². The molecule has 2 atom stereocenters. The van der Waals surface area contributed by atoms with Gasteiger partial charge in [0.2, 0.25) is 0 Å². The molecule has 6 aromatic rings. The van der Waals surface area contributed by atoms with Crippen LogP contribution in [0.4, 0.5) is 0 Å². The van der Waals surface area contributed by atoms with Crippen molar-refractivity contribution < 1.29 is 52.4 Å². The number of halogens is 2. The smallest absolute Gasteiger partial charge is 0 e. The van der Waals surface area contributed by atoms with E-state index in [0.717, 1.165) is 0 Å². The molecular weight excluding hydrogens is 782 g/mol. The molecule has 0 saturated carbocycles. The van der Waals surface area contributed by atoms with E-state index in [0.29, 0.717) is 11.8 Å². The normalized spacial score (nSPS) is 12.7. The first-order chi connectivity index (χ1) is 20.9. The Kier molecular flexibility index (Phi) is 17.3. The molecule has 0 heterocycles. The van der Waals surface area contributed by atoms with E-state index in [2.05, 4.69) is 154 Å². The zero-order valence-electron chi connectivity index (χ0n) is 30.9. The first-order valence-corrected chi connectivity index (χ1v) is 17.1. The molecule has 0 aliphatic carbocycles. The van der Waals surface area contributed by atoms with Crippen LogP contribution in [0, 0.1) is 0 Å². The van der Waals surface area contributed by atoms with Crippen LogP contribution in [0.25, 0.3) is 43.1 Å². The van der Waals surface area contributed by atoms with Crippen molar-refractivity contribution in [3.8, 4) is 0 Å². The third-order valence-corrected chi connectivity index (χ3v) is 9.73. The Morgan fingerprint density at radius 1 is 0.479 bits per heavy atom. The summed E-state index contributed by atoms with van der Waals surface area (Å²) in [6.45, 7) is 23.3. The summed E-state index contributed by atoms with van der Waals surface area (Å²) in [4.78, 5) is 0. The van der Waals surface area contributed by atoms with E-state index >= 15 is 0 Å². The summed E-state index contributed by atoms with van der Waals surface area (Å²) in [5.74, 6) is 1.21. The molecule has 0 aromatic heterocycles. The average Bonchev–Trinajstić information content (AvgIpc) is 3.50. The van der Waals surface area contributed by atoms with Crippen molar-refractivity contribution in [2.45, 2.75) is 118 Å². The SMILES string of the molecule is CCCC(C)[c-]1c2ccccc2c2cccc(C(C)(C)C)c21.CCCC(C)[c-]1c2ccccc2c2cccc(C(C)(C)C)c21.Cl.Cl.[Zr].[Zr]. The van der Waals surface area contributed by atoms with Crippen LogP contribution in [0.2, 0.25) is 0 Å². The van der Waals surface area contributed by atoms with Crippen molar-refractivity contribution in [2.24, 2.45) is 0 Å². The molecule has 6 aromatic carbocycles. The van der Waals surface area contributed by atoms with Gasteiger partial charge in [-0.05, 0) is 22.7 Å². The van der Waals surface area contributed by atoms with Gasteiger partial charge in [0.1, 0.15) is 0 Å². The largest absolute Gasteiger partial charge is 0.147 e. The van der Waals surface area contributed by atoms with Crippen LogP contribution in [0.1, 0.15) is 129 Å². The maximum atomic E-state index is 2.39. The zero-order valence-corrected chi connectivity index (χ0v) is 37.4. The van der Waals surface area contributed by atoms with E-state index < -0.39 is 0 Å². The Labute approximate surface area is 342 Å². The molecule has 6 rings (SSSR count). The van der Waals surface area contributed by atoms with Gasteiger partial charge in [0, 0.05) is 52.4 Å². The summed E-state index contributed by atoms with van der Waals surface area (Å²) in [6.07, 6.45) is 4.98. The fourth-order valence-corrected chi connectivity index (χ4v) is 7.74. The van der Waals surface area contributed by atoms with Crippen molar-refractivity contribution in [1.29, 1.82) is 0 Å². The number of rotatable bonds is 6. The quantitative estimate of drug-likeness (QED) is 0.147. The summed E-state index contributed by atoms with van der Waals surface area (Å²) in [5, 5.41) is 11.6. The summed E-state index contributed by atoms with van der Waals surface area (Å²) in [7, 11) is 0. The maximum Gasteiger partial charge on any atom is 0 e. The van der Waals surface area contributed by atoms with Gasteiger partial charge in [0.05, 0.1) is 0 Å². The first kappa shape index (κ1) is 45.0. The van der Waals surface area contributed by atoms with Crippen LogP contribution in [-0.4, -0.2) is 0 Å².